The van der Waals surface area contributed by atoms with E-state index in [0.29, 0.717) is 12.5 Å². The molecule has 1 heterocycles. The van der Waals surface area contributed by atoms with Gasteiger partial charge in [-0.2, -0.15) is 0 Å². The van der Waals surface area contributed by atoms with Crippen LogP contribution in [0.4, 0.5) is 5.69 Å². The highest BCUT2D eigenvalue weighted by Gasteiger charge is 2.27. The van der Waals surface area contributed by atoms with Crippen LogP contribution < -0.4 is 5.32 Å². The van der Waals surface area contributed by atoms with E-state index in [4.69, 9.17) is 0 Å². The van der Waals surface area contributed by atoms with Gasteiger partial charge in [0.25, 0.3) is 0 Å². The molecule has 0 bridgehead atoms. The van der Waals surface area contributed by atoms with Crippen LogP contribution in [0.2, 0.25) is 0 Å². The number of nitrogens with zero attached hydrogens (tertiary/aromatic N) is 1. The van der Waals surface area contributed by atoms with Gasteiger partial charge in [0.05, 0.1) is 12.6 Å². The van der Waals surface area contributed by atoms with Crippen molar-refractivity contribution in [3.8, 4) is 0 Å². The van der Waals surface area contributed by atoms with Gasteiger partial charge >= 0.3 is 0 Å². The first kappa shape index (κ1) is 15.0. The number of carbonyl (C=O) groups is 1. The molecule has 0 aliphatic carbocycles. The second-order valence-corrected chi connectivity index (χ2v) is 5.84. The number of para-hydroxylation sites is 1. The van der Waals surface area contributed by atoms with Gasteiger partial charge in [0, 0.05) is 12.2 Å². The fraction of sp³-hybridized carbons (Fsp3) is 0.562. The minimum atomic E-state index is -0.290. The van der Waals surface area contributed by atoms with Gasteiger partial charge in [-0.3, -0.25) is 9.69 Å². The number of rotatable bonds is 4. The van der Waals surface area contributed by atoms with E-state index in [1.165, 1.54) is 0 Å². The number of carbonyl (C=O) groups excluding carboxylic acids is 1. The summed E-state index contributed by atoms with van der Waals surface area (Å²) in [7, 11) is 0. The summed E-state index contributed by atoms with van der Waals surface area (Å²) >= 11 is 0. The zero-order chi connectivity index (χ0) is 14.7. The number of amides is 1. The van der Waals surface area contributed by atoms with E-state index in [-0.39, 0.29) is 12.0 Å². The van der Waals surface area contributed by atoms with E-state index in [2.05, 4.69) is 10.2 Å². The highest BCUT2D eigenvalue weighted by Crippen LogP contribution is 2.21. The Morgan fingerprint density at radius 2 is 2.10 bits per heavy atom. The third kappa shape index (κ3) is 3.58. The van der Waals surface area contributed by atoms with Gasteiger partial charge in [-0.25, -0.2) is 0 Å². The van der Waals surface area contributed by atoms with E-state index in [9.17, 15) is 9.90 Å². The molecular formula is C16H24N2O2. The van der Waals surface area contributed by atoms with Crippen LogP contribution >= 0.6 is 0 Å². The molecule has 2 rings (SSSR count). The predicted molar refractivity (Wildman–Crippen MR) is 80.8 cm³/mol. The molecule has 1 aliphatic heterocycles. The van der Waals surface area contributed by atoms with E-state index >= 15 is 0 Å². The molecule has 0 saturated carbocycles. The fourth-order valence-electron chi connectivity index (χ4n) is 2.79. The number of aliphatic hydroxyl groups is 1. The average Bonchev–Trinajstić information content (AvgIpc) is 2.82. The second kappa shape index (κ2) is 6.37. The predicted octanol–water partition coefficient (Wildman–Crippen LogP) is 1.94. The highest BCUT2D eigenvalue weighted by molar-refractivity contribution is 5.93. The Morgan fingerprint density at radius 3 is 2.65 bits per heavy atom. The van der Waals surface area contributed by atoms with Crippen LogP contribution in [-0.2, 0) is 4.79 Å². The maximum Gasteiger partial charge on any atom is 0.238 e. The highest BCUT2D eigenvalue weighted by atomic mass is 16.3. The van der Waals surface area contributed by atoms with Crippen LogP contribution in [0.5, 0.6) is 0 Å². The lowest BCUT2D eigenvalue weighted by Crippen LogP contribution is -2.33. The largest absolute Gasteiger partial charge is 0.393 e. The first-order chi connectivity index (χ1) is 9.47. The van der Waals surface area contributed by atoms with Crippen molar-refractivity contribution in [2.24, 2.45) is 5.92 Å². The molecule has 4 heteroatoms. The summed E-state index contributed by atoms with van der Waals surface area (Å²) in [6.45, 7) is 7.92. The third-order valence-corrected chi connectivity index (χ3v) is 4.10. The molecule has 2 unspecified atom stereocenters. The van der Waals surface area contributed by atoms with E-state index in [1.807, 2.05) is 39.0 Å². The molecule has 1 aromatic carbocycles. The normalized spacial score (nSPS) is 20.9. The molecule has 0 spiro atoms. The van der Waals surface area contributed by atoms with Gasteiger partial charge in [0.2, 0.25) is 5.91 Å². The molecule has 1 amide bonds. The summed E-state index contributed by atoms with van der Waals surface area (Å²) in [5, 5.41) is 12.6. The van der Waals surface area contributed by atoms with Crippen molar-refractivity contribution >= 4 is 11.6 Å². The molecule has 1 aromatic rings. The molecule has 0 radical (unpaired) electrons. The Hall–Kier alpha value is -1.39. The van der Waals surface area contributed by atoms with Crippen LogP contribution in [0, 0.1) is 19.8 Å². The Bertz CT molecular complexity index is 465. The van der Waals surface area contributed by atoms with Crippen LogP contribution in [0.25, 0.3) is 0 Å². The molecular weight excluding hydrogens is 252 g/mol. The number of benzene rings is 1. The molecule has 2 N–H and O–H groups in total. The van der Waals surface area contributed by atoms with Gasteiger partial charge in [0.15, 0.2) is 0 Å². The van der Waals surface area contributed by atoms with Gasteiger partial charge in [-0.1, -0.05) is 18.2 Å². The zero-order valence-corrected chi connectivity index (χ0v) is 12.5. The molecule has 0 aromatic heterocycles. The number of hydrogen-bond donors (Lipinski definition) is 2. The maximum atomic E-state index is 12.1. The first-order valence-electron chi connectivity index (χ1n) is 7.24. The fourth-order valence-corrected chi connectivity index (χ4v) is 2.79. The van der Waals surface area contributed by atoms with Gasteiger partial charge < -0.3 is 10.4 Å². The molecule has 110 valence electrons. The second-order valence-electron chi connectivity index (χ2n) is 5.84. The molecule has 4 nitrogen and oxygen atoms in total. The van der Waals surface area contributed by atoms with Crippen LogP contribution in [0.1, 0.15) is 24.5 Å². The summed E-state index contributed by atoms with van der Waals surface area (Å²) in [6.07, 6.45) is 0.676. The minimum Gasteiger partial charge on any atom is -0.393 e. The van der Waals surface area contributed by atoms with Crippen molar-refractivity contribution in [2.75, 3.05) is 25.0 Å². The standard InChI is InChI=1S/C16H24N2O2/c1-11-5-4-6-12(2)16(11)17-15(20)10-18-8-7-14(9-18)13(3)19/h4-6,13-14,19H,7-10H2,1-3H3,(H,17,20). The van der Waals surface area contributed by atoms with Gasteiger partial charge in [-0.15, -0.1) is 0 Å². The van der Waals surface area contributed by atoms with Crippen molar-refractivity contribution in [3.63, 3.8) is 0 Å². The number of likely N-dealkylation sites (tertiary alicyclic amines) is 1. The van der Waals surface area contributed by atoms with E-state index in [0.717, 1.165) is 36.3 Å². The monoisotopic (exact) mass is 276 g/mol. The molecule has 20 heavy (non-hydrogen) atoms. The number of aryl methyl sites for hydroxylation is 2. The molecule has 1 aliphatic rings. The Balaban J connectivity index is 1.91. The third-order valence-electron chi connectivity index (χ3n) is 4.10. The Morgan fingerprint density at radius 1 is 1.45 bits per heavy atom. The van der Waals surface area contributed by atoms with Crippen molar-refractivity contribution < 1.29 is 9.90 Å². The number of aliphatic hydroxyl groups excluding tert-OH is 1. The van der Waals surface area contributed by atoms with Crippen LogP contribution in [-0.4, -0.2) is 41.7 Å². The number of hydrogen-bond acceptors (Lipinski definition) is 3. The number of anilines is 1. The van der Waals surface area contributed by atoms with E-state index in [1.54, 1.807) is 0 Å². The molecule has 2 atom stereocenters. The molecule has 1 saturated heterocycles. The SMILES string of the molecule is Cc1cccc(C)c1NC(=O)CN1CCC(C(C)O)C1. The van der Waals surface area contributed by atoms with Crippen molar-refractivity contribution in [1.82, 2.24) is 4.90 Å². The van der Waals surface area contributed by atoms with Crippen molar-refractivity contribution in [2.45, 2.75) is 33.3 Å². The first-order valence-corrected chi connectivity index (χ1v) is 7.24. The van der Waals surface area contributed by atoms with Gasteiger partial charge in [-0.05, 0) is 50.8 Å². The minimum absolute atomic E-state index is 0.0219. The van der Waals surface area contributed by atoms with Gasteiger partial charge in [0.1, 0.15) is 0 Å². The Labute approximate surface area is 120 Å². The summed E-state index contributed by atoms with van der Waals surface area (Å²) in [4.78, 5) is 14.2. The lowest BCUT2D eigenvalue weighted by atomic mass is 10.0. The maximum absolute atomic E-state index is 12.1. The number of nitrogens with one attached hydrogen (secondary N) is 1. The van der Waals surface area contributed by atoms with Crippen LogP contribution in [0.3, 0.4) is 0 Å². The summed E-state index contributed by atoms with van der Waals surface area (Å²) in [6, 6.07) is 6.00. The smallest absolute Gasteiger partial charge is 0.238 e. The quantitative estimate of drug-likeness (QED) is 0.883. The summed E-state index contributed by atoms with van der Waals surface area (Å²) in [5.41, 5.74) is 3.09. The topological polar surface area (TPSA) is 52.6 Å². The molecule has 1 fully saturated rings. The van der Waals surface area contributed by atoms with Crippen molar-refractivity contribution in [1.29, 1.82) is 0 Å². The summed E-state index contributed by atoms with van der Waals surface area (Å²) < 4.78 is 0. The zero-order valence-electron chi connectivity index (χ0n) is 12.5. The average molecular weight is 276 g/mol. The lowest BCUT2D eigenvalue weighted by Gasteiger charge is -2.18. The summed E-state index contributed by atoms with van der Waals surface area (Å²) in [5.74, 6) is 0.316. The Kier molecular flexibility index (Phi) is 4.78. The van der Waals surface area contributed by atoms with Crippen LogP contribution in [0.15, 0.2) is 18.2 Å². The van der Waals surface area contributed by atoms with Crippen molar-refractivity contribution in [3.05, 3.63) is 29.3 Å². The van der Waals surface area contributed by atoms with E-state index < -0.39 is 0 Å². The lowest BCUT2D eigenvalue weighted by molar-refractivity contribution is -0.117.